The van der Waals surface area contributed by atoms with Gasteiger partial charge in [0.2, 0.25) is 5.82 Å². The van der Waals surface area contributed by atoms with Crippen LogP contribution in [0.4, 0.5) is 0 Å². The summed E-state index contributed by atoms with van der Waals surface area (Å²) in [5.74, 6) is 1.40. The second kappa shape index (κ2) is 9.31. The average molecular weight is 421 g/mol. The van der Waals surface area contributed by atoms with Crippen LogP contribution < -0.4 is 4.74 Å². The van der Waals surface area contributed by atoms with Gasteiger partial charge in [0.25, 0.3) is 11.8 Å². The van der Waals surface area contributed by atoms with Gasteiger partial charge in [0.05, 0.1) is 5.56 Å². The molecule has 0 spiro atoms. The van der Waals surface area contributed by atoms with E-state index < -0.39 is 0 Å². The summed E-state index contributed by atoms with van der Waals surface area (Å²) < 4.78 is 11.2. The van der Waals surface area contributed by atoms with Gasteiger partial charge in [0, 0.05) is 37.8 Å². The van der Waals surface area contributed by atoms with E-state index in [0.717, 1.165) is 31.7 Å². The van der Waals surface area contributed by atoms with Crippen molar-refractivity contribution in [2.24, 2.45) is 0 Å². The fourth-order valence-electron chi connectivity index (χ4n) is 3.65. The summed E-state index contributed by atoms with van der Waals surface area (Å²) in [4.78, 5) is 21.8. The molecule has 0 saturated carbocycles. The van der Waals surface area contributed by atoms with Gasteiger partial charge in [0.15, 0.2) is 6.61 Å². The molecular formula is C24H28N4O3. The number of para-hydroxylation sites is 1. The molecule has 1 saturated heterocycles. The number of aryl methyl sites for hydroxylation is 1. The van der Waals surface area contributed by atoms with Crippen molar-refractivity contribution in [2.75, 3.05) is 26.2 Å². The Morgan fingerprint density at radius 2 is 1.77 bits per heavy atom. The molecule has 4 rings (SSSR count). The van der Waals surface area contributed by atoms with Crippen LogP contribution in [0.25, 0.3) is 11.4 Å². The maximum Gasteiger partial charge on any atom is 0.264 e. The molecule has 1 aliphatic rings. The Morgan fingerprint density at radius 3 is 2.48 bits per heavy atom. The van der Waals surface area contributed by atoms with Gasteiger partial charge in [0.1, 0.15) is 5.75 Å². The average Bonchev–Trinajstić information content (AvgIpc) is 3.27. The topological polar surface area (TPSA) is 71.7 Å². The van der Waals surface area contributed by atoms with Crippen molar-refractivity contribution in [3.63, 3.8) is 0 Å². The van der Waals surface area contributed by atoms with Crippen LogP contribution in [0.5, 0.6) is 5.75 Å². The van der Waals surface area contributed by atoms with E-state index in [-0.39, 0.29) is 12.5 Å². The molecule has 3 aromatic rings. The van der Waals surface area contributed by atoms with Gasteiger partial charge in [-0.25, -0.2) is 0 Å². The molecule has 0 bridgehead atoms. The zero-order valence-corrected chi connectivity index (χ0v) is 18.2. The van der Waals surface area contributed by atoms with Crippen molar-refractivity contribution in [3.8, 4) is 17.1 Å². The van der Waals surface area contributed by atoms with Crippen molar-refractivity contribution < 1.29 is 14.1 Å². The first-order valence-corrected chi connectivity index (χ1v) is 10.7. The molecule has 7 nitrogen and oxygen atoms in total. The summed E-state index contributed by atoms with van der Waals surface area (Å²) in [6, 6.07) is 15.7. The Morgan fingerprint density at radius 1 is 1.06 bits per heavy atom. The van der Waals surface area contributed by atoms with Crippen LogP contribution in [0, 0.1) is 6.92 Å². The molecule has 0 N–H and O–H groups in total. The van der Waals surface area contributed by atoms with Crippen molar-refractivity contribution in [1.29, 1.82) is 0 Å². The van der Waals surface area contributed by atoms with Crippen LogP contribution in [-0.4, -0.2) is 58.1 Å². The minimum absolute atomic E-state index is 0.00937. The first-order valence-electron chi connectivity index (χ1n) is 10.7. The van der Waals surface area contributed by atoms with E-state index in [4.69, 9.17) is 9.26 Å². The maximum absolute atomic E-state index is 13.1. The van der Waals surface area contributed by atoms with Crippen molar-refractivity contribution in [1.82, 2.24) is 19.9 Å². The molecule has 0 unspecified atom stereocenters. The molecule has 31 heavy (non-hydrogen) atoms. The van der Waals surface area contributed by atoms with E-state index in [1.807, 2.05) is 48.2 Å². The number of carbonyl (C=O) groups excluding carboxylic acids is 1. The van der Waals surface area contributed by atoms with E-state index in [1.54, 1.807) is 12.1 Å². The van der Waals surface area contributed by atoms with E-state index in [0.29, 0.717) is 29.1 Å². The molecule has 1 aliphatic heterocycles. The zero-order chi connectivity index (χ0) is 21.8. The molecule has 7 heteroatoms. The van der Waals surface area contributed by atoms with Gasteiger partial charge >= 0.3 is 0 Å². The number of amides is 1. The number of aromatic nitrogens is 2. The number of piperazine rings is 1. The van der Waals surface area contributed by atoms with Gasteiger partial charge < -0.3 is 14.2 Å². The largest absolute Gasteiger partial charge is 0.483 e. The van der Waals surface area contributed by atoms with Gasteiger partial charge in [-0.15, -0.1) is 0 Å². The Balaban J connectivity index is 1.41. The van der Waals surface area contributed by atoms with Crippen LogP contribution in [0.3, 0.4) is 0 Å². The fourth-order valence-corrected chi connectivity index (χ4v) is 3.65. The highest BCUT2D eigenvalue weighted by Gasteiger charge is 2.25. The molecule has 1 amide bonds. The molecule has 0 aliphatic carbocycles. The highest BCUT2D eigenvalue weighted by molar-refractivity contribution is 5.97. The second-order valence-corrected chi connectivity index (χ2v) is 8.08. The Hall–Kier alpha value is -3.19. The summed E-state index contributed by atoms with van der Waals surface area (Å²) in [6.07, 6.45) is 0. The molecule has 2 heterocycles. The third-order valence-electron chi connectivity index (χ3n) is 5.58. The Kier molecular flexibility index (Phi) is 6.32. The van der Waals surface area contributed by atoms with Gasteiger partial charge in [-0.3, -0.25) is 9.69 Å². The highest BCUT2D eigenvalue weighted by Crippen LogP contribution is 2.23. The summed E-state index contributed by atoms with van der Waals surface area (Å²) in [5.41, 5.74) is 2.61. The lowest BCUT2D eigenvalue weighted by atomic mass is 10.1. The van der Waals surface area contributed by atoms with Crippen LogP contribution in [0.1, 0.15) is 35.7 Å². The fraction of sp³-hybridized carbons (Fsp3) is 0.375. The predicted molar refractivity (Wildman–Crippen MR) is 118 cm³/mol. The van der Waals surface area contributed by atoms with Crippen LogP contribution in [0.15, 0.2) is 53.1 Å². The third-order valence-corrected chi connectivity index (χ3v) is 5.58. The SMILES string of the molecule is Cc1ccc(-c2noc(COc3ccccc3C(=O)N3CCN(C(C)C)CC3)n2)cc1. The second-order valence-electron chi connectivity index (χ2n) is 8.08. The standard InChI is InChI=1S/C24H28N4O3/c1-17(2)27-12-14-28(15-13-27)24(29)20-6-4-5-7-21(20)30-16-22-25-23(26-31-22)19-10-8-18(3)9-11-19/h4-11,17H,12-16H2,1-3H3. The molecular weight excluding hydrogens is 392 g/mol. The number of hydrogen-bond acceptors (Lipinski definition) is 6. The molecule has 0 atom stereocenters. The first kappa shape index (κ1) is 21.1. The predicted octanol–water partition coefficient (Wildman–Crippen LogP) is 3.79. The monoisotopic (exact) mass is 420 g/mol. The van der Waals surface area contributed by atoms with Crippen LogP contribution >= 0.6 is 0 Å². The molecule has 1 fully saturated rings. The number of benzene rings is 2. The normalized spacial score (nSPS) is 14.8. The summed E-state index contributed by atoms with van der Waals surface area (Å²) in [6.45, 7) is 9.70. The van der Waals surface area contributed by atoms with E-state index in [2.05, 4.69) is 28.9 Å². The van der Waals surface area contributed by atoms with Crippen LogP contribution in [0.2, 0.25) is 0 Å². The zero-order valence-electron chi connectivity index (χ0n) is 18.2. The molecule has 1 aromatic heterocycles. The Labute approximate surface area is 182 Å². The molecule has 2 aromatic carbocycles. The van der Waals surface area contributed by atoms with Crippen molar-refractivity contribution >= 4 is 5.91 Å². The summed E-state index contributed by atoms with van der Waals surface area (Å²) in [7, 11) is 0. The number of rotatable bonds is 6. The lowest BCUT2D eigenvalue weighted by molar-refractivity contribution is 0.0590. The lowest BCUT2D eigenvalue weighted by Gasteiger charge is -2.37. The smallest absolute Gasteiger partial charge is 0.264 e. The lowest BCUT2D eigenvalue weighted by Crippen LogP contribution is -2.50. The van der Waals surface area contributed by atoms with Gasteiger partial charge in [-0.1, -0.05) is 47.1 Å². The minimum Gasteiger partial charge on any atom is -0.483 e. The number of hydrogen-bond donors (Lipinski definition) is 0. The van der Waals surface area contributed by atoms with E-state index in [1.165, 1.54) is 5.56 Å². The summed E-state index contributed by atoms with van der Waals surface area (Å²) >= 11 is 0. The van der Waals surface area contributed by atoms with Crippen LogP contribution in [-0.2, 0) is 6.61 Å². The quantitative estimate of drug-likeness (QED) is 0.604. The van der Waals surface area contributed by atoms with Gasteiger partial charge in [-0.05, 0) is 32.9 Å². The Bertz CT molecular complexity index is 1020. The maximum atomic E-state index is 13.1. The van der Waals surface area contributed by atoms with Crippen molar-refractivity contribution in [3.05, 3.63) is 65.5 Å². The number of ether oxygens (including phenoxy) is 1. The van der Waals surface area contributed by atoms with E-state index in [9.17, 15) is 4.79 Å². The van der Waals surface area contributed by atoms with E-state index >= 15 is 0 Å². The molecule has 162 valence electrons. The molecule has 0 radical (unpaired) electrons. The highest BCUT2D eigenvalue weighted by atomic mass is 16.5. The minimum atomic E-state index is -0.00937. The van der Waals surface area contributed by atoms with Gasteiger partial charge in [-0.2, -0.15) is 4.98 Å². The summed E-state index contributed by atoms with van der Waals surface area (Å²) in [5, 5.41) is 4.03. The third kappa shape index (κ3) is 4.94. The number of nitrogens with zero attached hydrogens (tertiary/aromatic N) is 4. The number of carbonyl (C=O) groups is 1. The van der Waals surface area contributed by atoms with Crippen molar-refractivity contribution in [2.45, 2.75) is 33.4 Å². The first-order chi connectivity index (χ1) is 15.0.